The molecule has 17 rings (SSSR count). The van der Waals surface area contributed by atoms with Crippen molar-refractivity contribution in [3.63, 3.8) is 0 Å². The van der Waals surface area contributed by atoms with Gasteiger partial charge in [0.25, 0.3) is 0 Å². The zero-order valence-electron chi connectivity index (χ0n) is 84.5. The molecule has 110 heavy (non-hydrogen) atoms. The molecule has 5 heterocycles. The topological polar surface area (TPSA) is 19.4 Å². The van der Waals surface area contributed by atoms with Gasteiger partial charge in [0.05, 0.1) is 0 Å². The molecule has 7 aliphatic carbocycles. The minimum atomic E-state index is -2.13. The summed E-state index contributed by atoms with van der Waals surface area (Å²) >= 11 is 0. The fourth-order valence-corrected chi connectivity index (χ4v) is 19.8. The third-order valence-corrected chi connectivity index (χ3v) is 27.2. The molecule has 4 atom stereocenters. The lowest BCUT2D eigenvalue weighted by Crippen LogP contribution is -2.40. The van der Waals surface area contributed by atoms with Crippen LogP contribution >= 0.6 is 0 Å². The van der Waals surface area contributed by atoms with Gasteiger partial charge in [-0.05, 0) is 280 Å². The van der Waals surface area contributed by atoms with Gasteiger partial charge in [-0.15, -0.1) is 0 Å². The molecule has 10 aromatic rings. The van der Waals surface area contributed by atoms with Crippen molar-refractivity contribution in [1.82, 2.24) is 0 Å². The van der Waals surface area contributed by atoms with Crippen LogP contribution in [-0.2, 0) is 67.7 Å². The van der Waals surface area contributed by atoms with Crippen LogP contribution in [0.4, 0.5) is 0 Å². The van der Waals surface area contributed by atoms with Crippen LogP contribution in [0.5, 0.6) is 0 Å². The van der Waals surface area contributed by atoms with E-state index in [4.69, 9.17) is 15.1 Å². The molecule has 4 unspecified atom stereocenters. The highest BCUT2D eigenvalue weighted by atomic mass is 15.0. The summed E-state index contributed by atoms with van der Waals surface area (Å²) in [7, 11) is 10.4. The molecular formula is C105H136N5+5. The van der Waals surface area contributed by atoms with Crippen LogP contribution in [0.2, 0.25) is 0 Å². The molecule has 2 saturated carbocycles. The molecule has 2 fully saturated rings. The van der Waals surface area contributed by atoms with Crippen molar-refractivity contribution in [3.8, 4) is 56.3 Å². The maximum atomic E-state index is 9.36. The van der Waals surface area contributed by atoms with Gasteiger partial charge >= 0.3 is 0 Å². The van der Waals surface area contributed by atoms with E-state index < -0.39 is 49.5 Å². The standard InChI is InChI=1S/2C22H30N.C21H26N.C21H28N.C19H22N/c2*1-15-8-9-17(16(2)12-15)20-13-18-19(14-23(20)7)22(5,6)11-10-21(18,3)4;1-13-6-7-15(14(2)12-13)20-19-16(10-11-22(20)5)17-8-9-18(19)21(17,3)4;1-15-9-7-8-10-16(15)19-13-17-18(14-22(19)6)21(4,5)12-11-20(17,2)3;1-12-4-7-16(13(2)10-12)19-18-15-6-5-14(11-15)17(18)8-9-20(19)3/h2*8-9,12-14H,10-11H2,1-7H3;6-7,10-12,17-18H,8-9H2,1-5H3;7-10,13-14H,11-12H2,1-6H3;4,7-10,14-15H,5-6,11H2,1-3H3/q5*+1/i1D3;;1D3,17D,18D;;1D3,14D,15D. The van der Waals surface area contributed by atoms with Crippen LogP contribution < -0.4 is 22.8 Å². The third-order valence-electron chi connectivity index (χ3n) is 27.2. The number of fused-ring (bicyclic) bond motifs is 13. The number of hydrogen-bond acceptors (Lipinski definition) is 0. The van der Waals surface area contributed by atoms with Crippen LogP contribution in [0.25, 0.3) is 56.3 Å². The van der Waals surface area contributed by atoms with Crippen molar-refractivity contribution >= 4 is 0 Å². The predicted molar refractivity (Wildman–Crippen MR) is 462 cm³/mol. The number of aryl methyl sites for hydroxylation is 14. The summed E-state index contributed by atoms with van der Waals surface area (Å²) in [5.74, 6) is -2.92. The van der Waals surface area contributed by atoms with Crippen molar-refractivity contribution in [2.45, 2.75) is 286 Å². The van der Waals surface area contributed by atoms with Gasteiger partial charge in [-0.2, -0.15) is 0 Å². The Bertz CT molecular complexity index is 5850. The van der Waals surface area contributed by atoms with E-state index in [1.165, 1.54) is 111 Å². The second-order valence-electron chi connectivity index (χ2n) is 38.4. The van der Waals surface area contributed by atoms with Crippen molar-refractivity contribution < 1.29 is 40.7 Å². The molecule has 0 amide bonds. The summed E-state index contributed by atoms with van der Waals surface area (Å²) in [6, 6.07) is 42.7. The zero-order chi connectivity index (χ0) is 90.8. The Hall–Kier alpha value is -8.15. The minimum Gasteiger partial charge on any atom is -0.201 e. The summed E-state index contributed by atoms with van der Waals surface area (Å²) in [4.78, 5) is 0. The number of nitrogens with zero attached hydrogens (tertiary/aromatic N) is 5. The Morgan fingerprint density at radius 1 is 0.318 bits per heavy atom. The first-order valence-corrected chi connectivity index (χ1v) is 40.8. The van der Waals surface area contributed by atoms with Crippen LogP contribution in [0.1, 0.15) is 315 Å². The fourth-order valence-electron chi connectivity index (χ4n) is 19.8. The molecule has 5 nitrogen and oxygen atoms in total. The van der Waals surface area contributed by atoms with Gasteiger partial charge in [-0.3, -0.25) is 0 Å². The second kappa shape index (κ2) is 29.4. The van der Waals surface area contributed by atoms with Gasteiger partial charge in [-0.1, -0.05) is 186 Å². The Labute approximate surface area is 684 Å². The number of benzene rings is 5. The van der Waals surface area contributed by atoms with Crippen LogP contribution in [0.15, 0.2) is 158 Å². The largest absolute Gasteiger partial charge is 0.216 e. The van der Waals surface area contributed by atoms with Gasteiger partial charge < -0.3 is 0 Å². The quantitative estimate of drug-likeness (QED) is 0.153. The highest BCUT2D eigenvalue weighted by Crippen LogP contribution is 2.66. The minimum absolute atomic E-state index is 0.153. The van der Waals surface area contributed by atoms with E-state index >= 15 is 0 Å². The Morgan fingerprint density at radius 3 is 1.05 bits per heavy atom. The van der Waals surface area contributed by atoms with Gasteiger partial charge in [-0.25, -0.2) is 22.8 Å². The van der Waals surface area contributed by atoms with Crippen LogP contribution in [0, 0.1) is 67.5 Å². The first-order valence-electron chi connectivity index (χ1n) is 47.3. The van der Waals surface area contributed by atoms with Gasteiger partial charge in [0.1, 0.15) is 35.2 Å². The normalized spacial score (nSPS) is 25.4. The molecule has 0 saturated heterocycles. The summed E-state index contributed by atoms with van der Waals surface area (Å²) in [5.41, 5.74) is 32.9. The van der Waals surface area contributed by atoms with Crippen molar-refractivity contribution in [2.24, 2.45) is 40.7 Å². The average molecular weight is 1480 g/mol. The van der Waals surface area contributed by atoms with E-state index in [-0.39, 0.29) is 32.5 Å². The summed E-state index contributed by atoms with van der Waals surface area (Å²) in [6.07, 6.45) is 21.8. The van der Waals surface area contributed by atoms with E-state index in [0.29, 0.717) is 42.4 Å². The zero-order valence-corrected chi connectivity index (χ0v) is 71.5. The molecule has 5 aromatic carbocycles. The van der Waals surface area contributed by atoms with E-state index in [9.17, 15) is 2.74 Å². The average Bonchev–Trinajstić information content (AvgIpc) is 1.54. The lowest BCUT2D eigenvalue weighted by molar-refractivity contribution is -0.661. The molecule has 576 valence electrons. The molecule has 5 heteroatoms. The monoisotopic (exact) mass is 1480 g/mol. The fraction of sp³-hybridized carbons (Fsp3) is 0.476. The first-order chi connectivity index (χ1) is 56.6. The van der Waals surface area contributed by atoms with Crippen molar-refractivity contribution in [1.29, 1.82) is 0 Å². The Morgan fingerprint density at radius 2 is 0.655 bits per heavy atom. The predicted octanol–water partition coefficient (Wildman–Crippen LogP) is 24.1. The number of aromatic nitrogens is 5. The highest BCUT2D eigenvalue weighted by Gasteiger charge is 2.54. The summed E-state index contributed by atoms with van der Waals surface area (Å²) in [6.45, 7) is 38.6. The molecule has 7 aliphatic rings. The molecule has 5 aromatic heterocycles. The summed E-state index contributed by atoms with van der Waals surface area (Å²) < 4.78 is 116. The van der Waals surface area contributed by atoms with E-state index in [2.05, 4.69) is 218 Å². The number of hydrogen-bond donors (Lipinski definition) is 0. The molecule has 0 aliphatic heterocycles. The maximum Gasteiger partial charge on any atom is 0.216 e. The number of rotatable bonds is 5. The lowest BCUT2D eigenvalue weighted by Gasteiger charge is -2.40. The molecule has 0 spiro atoms. The smallest absolute Gasteiger partial charge is 0.201 e. The van der Waals surface area contributed by atoms with Gasteiger partial charge in [0.15, 0.2) is 31.0 Å². The van der Waals surface area contributed by atoms with Crippen LogP contribution in [-0.4, -0.2) is 0 Å². The van der Waals surface area contributed by atoms with Crippen molar-refractivity contribution in [2.75, 3.05) is 0 Å². The third kappa shape index (κ3) is 14.9. The molecular weight excluding hydrogens is 1330 g/mol. The highest BCUT2D eigenvalue weighted by molar-refractivity contribution is 5.71. The maximum absolute atomic E-state index is 9.36. The van der Waals surface area contributed by atoms with E-state index in [0.717, 1.165) is 79.1 Å². The lowest BCUT2D eigenvalue weighted by atomic mass is 9.63. The second-order valence-corrected chi connectivity index (χ2v) is 38.4. The summed E-state index contributed by atoms with van der Waals surface area (Å²) in [5, 5.41) is 0. The number of pyridine rings is 5. The molecule has 4 bridgehead atoms. The molecule has 0 N–H and O–H groups in total. The van der Waals surface area contributed by atoms with Gasteiger partial charge in [0.2, 0.25) is 28.5 Å². The van der Waals surface area contributed by atoms with E-state index in [1.807, 2.05) is 101 Å². The van der Waals surface area contributed by atoms with Gasteiger partial charge in [0, 0.05) is 104 Å². The Balaban J connectivity index is 0.000000133. The Kier molecular flexibility index (Phi) is 17.2. The SMILES string of the molecule is Cc1ccc(-c2cc3c(c[n+]2C)C(C)(C)CCC3(C)C)c(C)c1.Cc1ccccc1-c1cc2c(c[n+]1C)C(C)(C)CCC2(C)C.[2H]C([2H])([2H])c1ccc(-c2c3c(cc[n+]2C)C2([2H])CCC3([2H])C2(C)C)c(C)c1.[2H]C([2H])([2H])c1ccc(-c2c3c(cc[n+]2C)C2([2H])CCC3([2H])C2)c(C)c1.[2H]C([2H])([2H])c1ccc(-c2cc3c(c[n+]2C)C(C)(C)CCC3(C)C)c(C)c1. The molecule has 0 radical (unpaired) electrons. The van der Waals surface area contributed by atoms with Crippen LogP contribution in [0.3, 0.4) is 0 Å². The van der Waals surface area contributed by atoms with Crippen molar-refractivity contribution in [3.05, 3.63) is 264 Å². The van der Waals surface area contributed by atoms with E-state index in [1.54, 1.807) is 36.4 Å². The first kappa shape index (κ1) is 64.4.